The lowest BCUT2D eigenvalue weighted by molar-refractivity contribution is 0.0528. The Bertz CT molecular complexity index is 1220. The number of carbonyl (C=O) groups excluding carboxylic acids is 1. The van der Waals surface area contributed by atoms with Gasteiger partial charge in [0.25, 0.3) is 0 Å². The van der Waals surface area contributed by atoms with Crippen molar-refractivity contribution in [3.8, 4) is 16.9 Å². The van der Waals surface area contributed by atoms with Gasteiger partial charge < -0.3 is 18.6 Å². The van der Waals surface area contributed by atoms with E-state index in [1.807, 2.05) is 4.40 Å². The Balaban J connectivity index is 1.85. The highest BCUT2D eigenvalue weighted by Gasteiger charge is 2.17. The molecule has 1 amide bonds. The van der Waals surface area contributed by atoms with Gasteiger partial charge >= 0.3 is 16.2 Å². The zero-order valence-corrected chi connectivity index (χ0v) is 18.5. The van der Waals surface area contributed by atoms with Gasteiger partial charge in [0.1, 0.15) is 17.1 Å². The van der Waals surface area contributed by atoms with Crippen molar-refractivity contribution in [2.24, 2.45) is 0 Å². The molecule has 0 aliphatic rings. The number of benzene rings is 1. The number of ether oxygens (including phenoxy) is 1. The number of hydrogen-bond donors (Lipinski definition) is 1. The highest BCUT2D eigenvalue weighted by atomic mass is 32.2. The van der Waals surface area contributed by atoms with Gasteiger partial charge in [0.15, 0.2) is 5.75 Å². The summed E-state index contributed by atoms with van der Waals surface area (Å²) in [5.74, 6) is -0.713. The van der Waals surface area contributed by atoms with Gasteiger partial charge in [-0.3, -0.25) is 0 Å². The largest absolute Gasteiger partial charge is 0.444 e. The third-order valence-electron chi connectivity index (χ3n) is 4.13. The third-order valence-corrected chi connectivity index (χ3v) is 4.61. The van der Waals surface area contributed by atoms with Gasteiger partial charge in [0.2, 0.25) is 0 Å². The molecule has 0 fully saturated rings. The zero-order chi connectivity index (χ0) is 22.8. The van der Waals surface area contributed by atoms with Crippen LogP contribution in [0.15, 0.2) is 42.7 Å². The summed E-state index contributed by atoms with van der Waals surface area (Å²) >= 11 is 0. The molecule has 3 aromatic rings. The molecule has 1 N–H and O–H groups in total. The Morgan fingerprint density at radius 3 is 2.65 bits per heavy atom. The first-order chi connectivity index (χ1) is 14.4. The fraction of sp³-hybridized carbons (Fsp3) is 0.333. The maximum absolute atomic E-state index is 13.7. The van der Waals surface area contributed by atoms with Crippen LogP contribution in [-0.2, 0) is 21.3 Å². The molecule has 10 heteroatoms. The molecule has 1 aromatic carbocycles. The van der Waals surface area contributed by atoms with Crippen molar-refractivity contribution in [1.29, 1.82) is 0 Å². The van der Waals surface area contributed by atoms with E-state index in [0.29, 0.717) is 29.7 Å². The highest BCUT2D eigenvalue weighted by Crippen LogP contribution is 2.32. The topological polar surface area (TPSA) is 99.0 Å². The number of pyridine rings is 1. The molecule has 0 saturated carbocycles. The Morgan fingerprint density at radius 1 is 1.23 bits per heavy atom. The number of fused-ring (bicyclic) bond motifs is 1. The van der Waals surface area contributed by atoms with Gasteiger partial charge in [-0.15, -0.1) is 0 Å². The van der Waals surface area contributed by atoms with Crippen LogP contribution < -0.4 is 9.50 Å². The van der Waals surface area contributed by atoms with Crippen LogP contribution >= 0.6 is 0 Å². The predicted molar refractivity (Wildman–Crippen MR) is 114 cm³/mol. The van der Waals surface area contributed by atoms with Crippen LogP contribution in [0.4, 0.5) is 9.18 Å². The molecule has 0 aliphatic carbocycles. The Labute approximate surface area is 180 Å². The van der Waals surface area contributed by atoms with Crippen molar-refractivity contribution in [2.75, 3.05) is 12.8 Å². The van der Waals surface area contributed by atoms with E-state index in [2.05, 4.69) is 10.3 Å². The van der Waals surface area contributed by atoms with Gasteiger partial charge in [-0.25, -0.2) is 14.2 Å². The zero-order valence-electron chi connectivity index (χ0n) is 17.7. The first kappa shape index (κ1) is 22.5. The number of halogens is 1. The molecule has 0 unspecified atom stereocenters. The Hall–Kier alpha value is -3.14. The van der Waals surface area contributed by atoms with Crippen molar-refractivity contribution < 1.29 is 26.5 Å². The molecular formula is C21H24FN3O5S. The predicted octanol–water partition coefficient (Wildman–Crippen LogP) is 3.55. The summed E-state index contributed by atoms with van der Waals surface area (Å²) in [7, 11) is -3.84. The summed E-state index contributed by atoms with van der Waals surface area (Å²) < 4.78 is 48.8. The van der Waals surface area contributed by atoms with E-state index in [0.717, 1.165) is 18.0 Å². The molecule has 0 bridgehead atoms. The van der Waals surface area contributed by atoms with Crippen LogP contribution in [0.3, 0.4) is 0 Å². The average Bonchev–Trinajstić information content (AvgIpc) is 3.01. The number of nitrogens with zero attached hydrogens (tertiary/aromatic N) is 2. The lowest BCUT2D eigenvalue weighted by atomic mass is 10.1. The maximum atomic E-state index is 13.7. The number of imidazole rings is 1. The monoisotopic (exact) mass is 449 g/mol. The van der Waals surface area contributed by atoms with E-state index in [-0.39, 0.29) is 5.75 Å². The summed E-state index contributed by atoms with van der Waals surface area (Å²) in [4.78, 5) is 16.2. The van der Waals surface area contributed by atoms with Crippen LogP contribution in [0, 0.1) is 5.82 Å². The summed E-state index contributed by atoms with van der Waals surface area (Å²) in [6.07, 6.45) is 4.33. The van der Waals surface area contributed by atoms with Crippen molar-refractivity contribution >= 4 is 21.9 Å². The van der Waals surface area contributed by atoms with Crippen molar-refractivity contribution in [3.63, 3.8) is 0 Å². The highest BCUT2D eigenvalue weighted by molar-refractivity contribution is 7.86. The summed E-state index contributed by atoms with van der Waals surface area (Å²) in [6, 6.07) is 7.22. The molecule has 8 nitrogen and oxygen atoms in total. The van der Waals surface area contributed by atoms with Crippen LogP contribution in [0.5, 0.6) is 5.75 Å². The normalized spacial score (nSPS) is 12.0. The number of rotatable bonds is 6. The minimum absolute atomic E-state index is 0.102. The van der Waals surface area contributed by atoms with E-state index in [1.165, 1.54) is 12.1 Å². The summed E-state index contributed by atoms with van der Waals surface area (Å²) in [5.41, 5.74) is 1.94. The molecule has 0 radical (unpaired) electrons. The number of alkyl carbamates (subject to hydrolysis) is 1. The van der Waals surface area contributed by atoms with Gasteiger partial charge in [-0.2, -0.15) is 8.42 Å². The van der Waals surface area contributed by atoms with Crippen LogP contribution in [0.25, 0.3) is 16.8 Å². The molecule has 0 atom stereocenters. The first-order valence-electron chi connectivity index (χ1n) is 9.53. The lowest BCUT2D eigenvalue weighted by Crippen LogP contribution is -2.33. The van der Waals surface area contributed by atoms with Crippen molar-refractivity contribution in [1.82, 2.24) is 14.7 Å². The fourth-order valence-corrected chi connectivity index (χ4v) is 3.41. The second kappa shape index (κ2) is 8.54. The fourth-order valence-electron chi connectivity index (χ4n) is 2.95. The molecule has 0 saturated heterocycles. The molecule has 0 spiro atoms. The second-order valence-electron chi connectivity index (χ2n) is 8.00. The molecular weight excluding hydrogens is 425 g/mol. The van der Waals surface area contributed by atoms with E-state index < -0.39 is 27.6 Å². The van der Waals surface area contributed by atoms with Crippen LogP contribution in [0.2, 0.25) is 0 Å². The standard InChI is InChI=1S/C21H24FN3O5S/c1-21(2,3)29-20(26)23-10-9-16-12-24-19-8-5-14(13-25(16)19)17-7-6-15(22)11-18(17)30-31(4,27)28/h5-8,11-13H,9-10H2,1-4H3,(H,23,26). The third kappa shape index (κ3) is 6.17. The van der Waals surface area contributed by atoms with E-state index in [9.17, 15) is 17.6 Å². The van der Waals surface area contributed by atoms with E-state index in [1.54, 1.807) is 45.3 Å². The number of aromatic nitrogens is 2. The molecule has 3 rings (SSSR count). The SMILES string of the molecule is CC(C)(C)OC(=O)NCCc1cnc2ccc(-c3ccc(F)cc3OS(C)(=O)=O)cn12. The number of hydrogen-bond acceptors (Lipinski definition) is 6. The van der Waals surface area contributed by atoms with E-state index >= 15 is 0 Å². The molecule has 2 aromatic heterocycles. The Kier molecular flexibility index (Phi) is 6.21. The van der Waals surface area contributed by atoms with Crippen LogP contribution in [-0.4, -0.2) is 42.3 Å². The van der Waals surface area contributed by atoms with Crippen molar-refractivity contribution in [2.45, 2.75) is 32.8 Å². The number of amides is 1. The molecule has 0 aliphatic heterocycles. The molecule has 166 valence electrons. The molecule has 2 heterocycles. The minimum Gasteiger partial charge on any atom is -0.444 e. The van der Waals surface area contributed by atoms with Gasteiger partial charge in [-0.05, 0) is 45.0 Å². The Morgan fingerprint density at radius 2 is 1.97 bits per heavy atom. The minimum atomic E-state index is -3.84. The summed E-state index contributed by atoms with van der Waals surface area (Å²) in [5, 5.41) is 2.70. The molecule has 31 heavy (non-hydrogen) atoms. The average molecular weight is 450 g/mol. The van der Waals surface area contributed by atoms with Gasteiger partial charge in [-0.1, -0.05) is 0 Å². The smallest absolute Gasteiger partial charge is 0.407 e. The van der Waals surface area contributed by atoms with Crippen LogP contribution in [0.1, 0.15) is 26.5 Å². The number of nitrogens with one attached hydrogen (secondary N) is 1. The summed E-state index contributed by atoms with van der Waals surface area (Å²) in [6.45, 7) is 5.70. The lowest BCUT2D eigenvalue weighted by Gasteiger charge is -2.19. The maximum Gasteiger partial charge on any atom is 0.407 e. The van der Waals surface area contributed by atoms with Crippen molar-refractivity contribution in [3.05, 3.63) is 54.2 Å². The first-order valence-corrected chi connectivity index (χ1v) is 11.4. The van der Waals surface area contributed by atoms with Gasteiger partial charge in [0, 0.05) is 48.2 Å². The second-order valence-corrected chi connectivity index (χ2v) is 9.58. The van der Waals surface area contributed by atoms with Gasteiger partial charge in [0.05, 0.1) is 6.26 Å². The number of carbonyl (C=O) groups is 1. The van der Waals surface area contributed by atoms with E-state index in [4.69, 9.17) is 8.92 Å². The quantitative estimate of drug-likeness (QED) is 0.578.